The Hall–Kier alpha value is -1.19. The van der Waals surface area contributed by atoms with E-state index in [1.54, 1.807) is 0 Å². The van der Waals surface area contributed by atoms with Crippen molar-refractivity contribution in [2.24, 2.45) is 5.73 Å². The van der Waals surface area contributed by atoms with Gasteiger partial charge in [-0.25, -0.2) is 13.2 Å². The summed E-state index contributed by atoms with van der Waals surface area (Å²) in [4.78, 5) is 22.2. The van der Waals surface area contributed by atoms with Crippen molar-refractivity contribution in [1.29, 1.82) is 0 Å². The van der Waals surface area contributed by atoms with Crippen LogP contribution in [0.5, 0.6) is 0 Å². The summed E-state index contributed by atoms with van der Waals surface area (Å²) in [7, 11) is -3.22. The molecule has 5 N–H and O–H groups in total. The minimum Gasteiger partial charge on any atom is -0.480 e. The van der Waals surface area contributed by atoms with Gasteiger partial charge in [-0.2, -0.15) is 0 Å². The molecule has 2 atom stereocenters. The number of aliphatic carboxylic acids is 1. The minimum absolute atomic E-state index is 0.0872. The Morgan fingerprint density at radius 3 is 2.28 bits per heavy atom. The largest absolute Gasteiger partial charge is 0.480 e. The number of sulfone groups is 1. The molecule has 0 aromatic heterocycles. The quantitative estimate of drug-likeness (QED) is 0.391. The average Bonchev–Trinajstić information content (AvgIpc) is 2.23. The van der Waals surface area contributed by atoms with Gasteiger partial charge in [0.05, 0.1) is 11.8 Å². The van der Waals surface area contributed by atoms with Crippen LogP contribution in [0.15, 0.2) is 0 Å². The highest BCUT2D eigenvalue weighted by atomic mass is 32.2. The van der Waals surface area contributed by atoms with Crippen molar-refractivity contribution in [3.8, 4) is 0 Å². The van der Waals surface area contributed by atoms with Gasteiger partial charge in [0.15, 0.2) is 0 Å². The number of aliphatic hydroxyl groups is 1. The van der Waals surface area contributed by atoms with Crippen molar-refractivity contribution < 1.29 is 28.2 Å². The number of carboxylic acid groups (broad SMARTS) is 1. The van der Waals surface area contributed by atoms with Crippen LogP contribution in [0.25, 0.3) is 0 Å². The van der Waals surface area contributed by atoms with E-state index in [1.807, 2.05) is 0 Å². The third-order valence-electron chi connectivity index (χ3n) is 2.17. The minimum atomic E-state index is -3.22. The topological polar surface area (TPSA) is 147 Å². The Labute approximate surface area is 105 Å². The molecule has 0 aliphatic carbocycles. The number of carbonyl (C=O) groups is 2. The molecule has 0 heterocycles. The van der Waals surface area contributed by atoms with E-state index >= 15 is 0 Å². The maximum atomic E-state index is 11.5. The zero-order valence-electron chi connectivity index (χ0n) is 10.00. The number of carbonyl (C=O) groups excluding carboxylic acids is 1. The molecule has 9 heteroatoms. The van der Waals surface area contributed by atoms with E-state index in [0.29, 0.717) is 0 Å². The van der Waals surface area contributed by atoms with Gasteiger partial charge in [0.25, 0.3) is 0 Å². The molecule has 18 heavy (non-hydrogen) atoms. The maximum absolute atomic E-state index is 11.5. The molecule has 0 bridgehead atoms. The van der Waals surface area contributed by atoms with Crippen LogP contribution in [0, 0.1) is 0 Å². The van der Waals surface area contributed by atoms with Crippen LogP contribution in [0.3, 0.4) is 0 Å². The predicted molar refractivity (Wildman–Crippen MR) is 63.6 cm³/mol. The van der Waals surface area contributed by atoms with Crippen LogP contribution >= 0.6 is 0 Å². The van der Waals surface area contributed by atoms with E-state index in [9.17, 15) is 18.0 Å². The summed E-state index contributed by atoms with van der Waals surface area (Å²) >= 11 is 0. The maximum Gasteiger partial charge on any atom is 0.326 e. The van der Waals surface area contributed by atoms with Crippen molar-refractivity contribution in [2.75, 3.05) is 18.6 Å². The molecule has 0 saturated heterocycles. The molecular weight excluding hydrogens is 264 g/mol. The van der Waals surface area contributed by atoms with E-state index in [2.05, 4.69) is 5.32 Å². The Balaban J connectivity index is 4.33. The van der Waals surface area contributed by atoms with E-state index < -0.39 is 40.4 Å². The molecule has 0 aromatic rings. The lowest BCUT2D eigenvalue weighted by Crippen LogP contribution is -2.49. The summed E-state index contributed by atoms with van der Waals surface area (Å²) in [6.07, 6.45) is 0.791. The van der Waals surface area contributed by atoms with Crippen molar-refractivity contribution in [2.45, 2.75) is 24.9 Å². The van der Waals surface area contributed by atoms with Crippen LogP contribution in [-0.2, 0) is 19.4 Å². The Morgan fingerprint density at radius 1 is 1.33 bits per heavy atom. The van der Waals surface area contributed by atoms with Crippen LogP contribution < -0.4 is 11.1 Å². The number of nitrogens with one attached hydrogen (secondary N) is 1. The van der Waals surface area contributed by atoms with E-state index in [4.69, 9.17) is 15.9 Å². The molecule has 8 nitrogen and oxygen atoms in total. The summed E-state index contributed by atoms with van der Waals surface area (Å²) < 4.78 is 21.8. The second-order valence-corrected chi connectivity index (χ2v) is 6.20. The second kappa shape index (κ2) is 7.29. The smallest absolute Gasteiger partial charge is 0.326 e. The first-order valence-corrected chi connectivity index (χ1v) is 7.30. The fourth-order valence-electron chi connectivity index (χ4n) is 1.14. The van der Waals surface area contributed by atoms with Gasteiger partial charge < -0.3 is 21.3 Å². The second-order valence-electron chi connectivity index (χ2n) is 3.94. The number of nitrogens with two attached hydrogens (primary N) is 1. The average molecular weight is 282 g/mol. The summed E-state index contributed by atoms with van der Waals surface area (Å²) in [6, 6.07) is -2.33. The molecule has 106 valence electrons. The molecule has 0 spiro atoms. The fraction of sp³-hybridized carbons (Fsp3) is 0.778. The summed E-state index contributed by atoms with van der Waals surface area (Å²) in [6.45, 7) is -0.393. The van der Waals surface area contributed by atoms with Gasteiger partial charge >= 0.3 is 5.97 Å². The Kier molecular flexibility index (Phi) is 6.81. The van der Waals surface area contributed by atoms with Crippen molar-refractivity contribution in [1.82, 2.24) is 5.32 Å². The Morgan fingerprint density at radius 2 is 1.89 bits per heavy atom. The highest BCUT2D eigenvalue weighted by molar-refractivity contribution is 7.90. The molecular formula is C9H18N2O6S. The molecule has 0 radical (unpaired) electrons. The highest BCUT2D eigenvalue weighted by Gasteiger charge is 2.23. The molecule has 0 rings (SSSR count). The monoisotopic (exact) mass is 282 g/mol. The van der Waals surface area contributed by atoms with Crippen molar-refractivity contribution in [3.63, 3.8) is 0 Å². The lowest BCUT2D eigenvalue weighted by atomic mass is 10.1. The molecule has 1 amide bonds. The summed E-state index contributed by atoms with van der Waals surface area (Å²) in [5.41, 5.74) is 5.44. The fourth-order valence-corrected chi connectivity index (χ4v) is 1.82. The van der Waals surface area contributed by atoms with Gasteiger partial charge in [-0.3, -0.25) is 4.79 Å². The lowest BCUT2D eigenvalue weighted by Gasteiger charge is -2.16. The molecule has 0 aliphatic rings. The molecule has 0 saturated carbocycles. The predicted octanol–water partition coefficient (Wildman–Crippen LogP) is -2.30. The SMILES string of the molecule is CS(=O)(=O)CCC(N)C(=O)N[C@@H](CCO)C(=O)O. The molecule has 0 aromatic carbocycles. The third kappa shape index (κ3) is 7.20. The van der Waals surface area contributed by atoms with Gasteiger partial charge in [-0.1, -0.05) is 0 Å². The number of rotatable bonds is 8. The zero-order chi connectivity index (χ0) is 14.3. The first-order valence-electron chi connectivity index (χ1n) is 5.24. The summed E-state index contributed by atoms with van der Waals surface area (Å²) in [5.74, 6) is -2.29. The molecule has 0 fully saturated rings. The van der Waals surface area contributed by atoms with Gasteiger partial charge in [-0.15, -0.1) is 0 Å². The van der Waals surface area contributed by atoms with Crippen LogP contribution in [0.2, 0.25) is 0 Å². The third-order valence-corrected chi connectivity index (χ3v) is 3.15. The van der Waals surface area contributed by atoms with Crippen LogP contribution in [-0.4, -0.2) is 61.2 Å². The van der Waals surface area contributed by atoms with Crippen molar-refractivity contribution in [3.05, 3.63) is 0 Å². The number of carboxylic acids is 1. The van der Waals surface area contributed by atoms with E-state index in [-0.39, 0.29) is 18.6 Å². The van der Waals surface area contributed by atoms with Gasteiger partial charge in [-0.05, 0) is 6.42 Å². The summed E-state index contributed by atoms with van der Waals surface area (Å²) in [5, 5.41) is 19.5. The van der Waals surface area contributed by atoms with Crippen LogP contribution in [0.1, 0.15) is 12.8 Å². The normalized spacial score (nSPS) is 14.8. The molecule has 0 aliphatic heterocycles. The first-order chi connectivity index (χ1) is 8.17. The van der Waals surface area contributed by atoms with Crippen molar-refractivity contribution >= 4 is 21.7 Å². The first kappa shape index (κ1) is 16.8. The van der Waals surface area contributed by atoms with E-state index in [0.717, 1.165) is 6.26 Å². The van der Waals surface area contributed by atoms with E-state index in [1.165, 1.54) is 0 Å². The number of aliphatic hydroxyl groups excluding tert-OH is 1. The van der Waals surface area contributed by atoms with Gasteiger partial charge in [0.1, 0.15) is 15.9 Å². The van der Waals surface area contributed by atoms with Gasteiger partial charge in [0, 0.05) is 19.3 Å². The Bertz CT molecular complexity index is 394. The standard InChI is InChI=1S/C9H18N2O6S/c1-18(16,17)5-3-6(10)8(13)11-7(2-4-12)9(14)15/h6-7,12H,2-5,10H2,1H3,(H,11,13)(H,14,15)/t6?,7-/m0/s1. The zero-order valence-corrected chi connectivity index (χ0v) is 10.8. The highest BCUT2D eigenvalue weighted by Crippen LogP contribution is 1.97. The number of amides is 1. The number of hydrogen-bond donors (Lipinski definition) is 4. The molecule has 1 unspecified atom stereocenters. The lowest BCUT2D eigenvalue weighted by molar-refractivity contribution is -0.142. The van der Waals surface area contributed by atoms with Crippen LogP contribution in [0.4, 0.5) is 0 Å². The number of hydrogen-bond acceptors (Lipinski definition) is 6. The van der Waals surface area contributed by atoms with Gasteiger partial charge in [0.2, 0.25) is 5.91 Å².